The fraction of sp³-hybridized carbons (Fsp3) is 0.0833. The van der Waals surface area contributed by atoms with Gasteiger partial charge < -0.3 is 0 Å². The Kier molecular flexibility index (Phi) is 3.87. The summed E-state index contributed by atoms with van der Waals surface area (Å²) < 4.78 is 29.1. The lowest BCUT2D eigenvalue weighted by Gasteiger charge is -2.08. The van der Waals surface area contributed by atoms with E-state index in [1.54, 1.807) is 29.8 Å². The van der Waals surface area contributed by atoms with Crippen molar-refractivity contribution in [2.24, 2.45) is 0 Å². The monoisotopic (exact) mass is 359 g/mol. The number of nitrogens with zero attached hydrogens (tertiary/aromatic N) is 2. The van der Waals surface area contributed by atoms with Gasteiger partial charge in [-0.2, -0.15) is 8.42 Å². The van der Waals surface area contributed by atoms with E-state index in [0.717, 1.165) is 4.90 Å². The Hall–Kier alpha value is -1.22. The van der Waals surface area contributed by atoms with E-state index in [9.17, 15) is 8.42 Å². The van der Waals surface area contributed by atoms with Crippen LogP contribution in [0.5, 0.6) is 0 Å². The van der Waals surface area contributed by atoms with Crippen molar-refractivity contribution >= 4 is 55.4 Å². The molecule has 0 radical (unpaired) electrons. The van der Waals surface area contributed by atoms with Crippen LogP contribution in [0.4, 0.5) is 5.69 Å². The third-order valence-electron chi connectivity index (χ3n) is 2.76. The number of hydrogen-bond donors (Lipinski definition) is 1. The van der Waals surface area contributed by atoms with Gasteiger partial charge in [0.15, 0.2) is 15.1 Å². The summed E-state index contributed by atoms with van der Waals surface area (Å²) in [4.78, 5) is 5.55. The third-order valence-corrected chi connectivity index (χ3v) is 6.02. The van der Waals surface area contributed by atoms with Gasteiger partial charge in [0.05, 0.1) is 0 Å². The van der Waals surface area contributed by atoms with Gasteiger partial charge in [-0.05, 0) is 24.5 Å². The molecule has 0 spiro atoms. The number of thioether (sulfide) groups is 1. The number of anilines is 1. The SMILES string of the molecule is CSc1cccc(NS(=O)(=O)c2c(Cl)nc3sccn23)c1. The topological polar surface area (TPSA) is 63.5 Å². The normalized spacial score (nSPS) is 11.9. The molecule has 9 heteroatoms. The standard InChI is InChI=1S/C12H10ClN3O2S3/c1-19-9-4-2-3-8(7-9)15-21(17,18)11-10(13)14-12-16(11)5-6-20-12/h2-7,15H,1H3. The van der Waals surface area contributed by atoms with Crippen molar-refractivity contribution in [3.05, 3.63) is 41.0 Å². The number of nitrogens with one attached hydrogen (secondary N) is 1. The molecule has 0 fully saturated rings. The average molecular weight is 360 g/mol. The Labute approximate surface area is 135 Å². The molecule has 0 aliphatic heterocycles. The van der Waals surface area contributed by atoms with Crippen molar-refractivity contribution < 1.29 is 8.42 Å². The maximum absolute atomic E-state index is 12.5. The minimum absolute atomic E-state index is 0.0321. The lowest BCUT2D eigenvalue weighted by molar-refractivity contribution is 0.596. The van der Waals surface area contributed by atoms with Gasteiger partial charge in [-0.3, -0.25) is 9.12 Å². The molecular formula is C12H10ClN3O2S3. The number of benzene rings is 1. The molecule has 0 unspecified atom stereocenters. The molecule has 0 aliphatic rings. The number of hydrogen-bond acceptors (Lipinski definition) is 5. The summed E-state index contributed by atoms with van der Waals surface area (Å²) in [7, 11) is -3.81. The number of aromatic nitrogens is 2. The van der Waals surface area contributed by atoms with Crippen molar-refractivity contribution in [3.63, 3.8) is 0 Å². The Bertz CT molecular complexity index is 902. The minimum Gasteiger partial charge on any atom is -0.278 e. The second-order valence-corrected chi connectivity index (χ2v) is 7.81. The van der Waals surface area contributed by atoms with Crippen molar-refractivity contribution in [1.29, 1.82) is 0 Å². The number of thiazole rings is 1. The van der Waals surface area contributed by atoms with E-state index in [1.165, 1.54) is 27.5 Å². The molecule has 0 aliphatic carbocycles. The summed E-state index contributed by atoms with van der Waals surface area (Å²) in [5.74, 6) is 0. The molecule has 2 aromatic heterocycles. The molecule has 1 aromatic carbocycles. The largest absolute Gasteiger partial charge is 0.281 e. The Balaban J connectivity index is 2.04. The summed E-state index contributed by atoms with van der Waals surface area (Å²) in [6, 6.07) is 7.16. The van der Waals surface area contributed by atoms with Gasteiger partial charge in [-0.1, -0.05) is 17.7 Å². The van der Waals surface area contributed by atoms with Gasteiger partial charge in [-0.15, -0.1) is 23.1 Å². The van der Waals surface area contributed by atoms with Crippen LogP contribution in [0, 0.1) is 0 Å². The quantitative estimate of drug-likeness (QED) is 0.723. The van der Waals surface area contributed by atoms with Gasteiger partial charge in [0.25, 0.3) is 10.0 Å². The molecule has 1 N–H and O–H groups in total. The highest BCUT2D eigenvalue weighted by atomic mass is 35.5. The number of rotatable bonds is 4. The number of sulfonamides is 1. The van der Waals surface area contributed by atoms with Gasteiger partial charge >= 0.3 is 0 Å². The summed E-state index contributed by atoms with van der Waals surface area (Å²) in [6.07, 6.45) is 3.56. The van der Waals surface area contributed by atoms with Crippen molar-refractivity contribution in [2.45, 2.75) is 9.92 Å². The Morgan fingerprint density at radius 2 is 2.24 bits per heavy atom. The first kappa shape index (κ1) is 14.7. The molecule has 0 amide bonds. The molecule has 0 atom stereocenters. The zero-order valence-electron chi connectivity index (χ0n) is 10.8. The highest BCUT2D eigenvalue weighted by Gasteiger charge is 2.25. The molecule has 0 saturated heterocycles. The molecule has 5 nitrogen and oxygen atoms in total. The van der Waals surface area contributed by atoms with E-state index in [4.69, 9.17) is 11.6 Å². The highest BCUT2D eigenvalue weighted by molar-refractivity contribution is 7.98. The van der Waals surface area contributed by atoms with E-state index in [-0.39, 0.29) is 10.2 Å². The van der Waals surface area contributed by atoms with Crippen LogP contribution < -0.4 is 4.72 Å². The van der Waals surface area contributed by atoms with Crippen LogP contribution in [0.15, 0.2) is 45.8 Å². The van der Waals surface area contributed by atoms with E-state index in [1.807, 2.05) is 12.3 Å². The predicted octanol–water partition coefficient (Wildman–Crippen LogP) is 3.57. The maximum Gasteiger partial charge on any atom is 0.281 e. The first-order valence-electron chi connectivity index (χ1n) is 5.79. The van der Waals surface area contributed by atoms with Crippen LogP contribution in [0.1, 0.15) is 0 Å². The lowest BCUT2D eigenvalue weighted by atomic mass is 10.3. The van der Waals surface area contributed by atoms with Crippen LogP contribution in [0.3, 0.4) is 0 Å². The predicted molar refractivity (Wildman–Crippen MR) is 87.1 cm³/mol. The van der Waals surface area contributed by atoms with E-state index >= 15 is 0 Å². The zero-order chi connectivity index (χ0) is 15.0. The average Bonchev–Trinajstić information content (AvgIpc) is 2.97. The van der Waals surface area contributed by atoms with Crippen LogP contribution in [-0.4, -0.2) is 24.1 Å². The van der Waals surface area contributed by atoms with Crippen molar-refractivity contribution in [3.8, 4) is 0 Å². The van der Waals surface area contributed by atoms with E-state index in [2.05, 4.69) is 9.71 Å². The molecule has 2 heterocycles. The maximum atomic E-state index is 12.5. The lowest BCUT2D eigenvalue weighted by Crippen LogP contribution is -2.15. The van der Waals surface area contributed by atoms with Gasteiger partial charge in [0.2, 0.25) is 0 Å². The fourth-order valence-electron chi connectivity index (χ4n) is 1.87. The first-order valence-corrected chi connectivity index (χ1v) is 9.76. The van der Waals surface area contributed by atoms with Gasteiger partial charge in [0.1, 0.15) is 0 Å². The van der Waals surface area contributed by atoms with Gasteiger partial charge in [0, 0.05) is 22.2 Å². The van der Waals surface area contributed by atoms with Crippen LogP contribution in [0.2, 0.25) is 5.15 Å². The summed E-state index contributed by atoms with van der Waals surface area (Å²) >= 11 is 8.83. The molecule has 21 heavy (non-hydrogen) atoms. The van der Waals surface area contributed by atoms with Crippen molar-refractivity contribution in [2.75, 3.05) is 11.0 Å². The zero-order valence-corrected chi connectivity index (χ0v) is 14.0. The second-order valence-electron chi connectivity index (χ2n) is 4.10. The molecule has 3 rings (SSSR count). The van der Waals surface area contributed by atoms with Crippen LogP contribution >= 0.6 is 34.7 Å². The number of halogens is 1. The summed E-state index contributed by atoms with van der Waals surface area (Å²) in [6.45, 7) is 0. The van der Waals surface area contributed by atoms with Crippen molar-refractivity contribution in [1.82, 2.24) is 9.38 Å². The molecule has 3 aromatic rings. The molecule has 110 valence electrons. The van der Waals surface area contributed by atoms with Crippen LogP contribution in [0.25, 0.3) is 4.96 Å². The van der Waals surface area contributed by atoms with Crippen LogP contribution in [-0.2, 0) is 10.0 Å². The first-order chi connectivity index (χ1) is 10.0. The number of fused-ring (bicyclic) bond motifs is 1. The molecular weight excluding hydrogens is 350 g/mol. The number of imidazole rings is 1. The summed E-state index contributed by atoms with van der Waals surface area (Å²) in [5.41, 5.74) is 0.489. The van der Waals surface area contributed by atoms with E-state index in [0.29, 0.717) is 10.6 Å². The Morgan fingerprint density at radius 3 is 3.00 bits per heavy atom. The fourth-order valence-corrected chi connectivity index (χ4v) is 4.83. The molecule has 0 bridgehead atoms. The third kappa shape index (κ3) is 2.76. The highest BCUT2D eigenvalue weighted by Crippen LogP contribution is 2.28. The minimum atomic E-state index is -3.81. The molecule has 0 saturated carbocycles. The van der Waals surface area contributed by atoms with E-state index < -0.39 is 10.0 Å². The smallest absolute Gasteiger partial charge is 0.278 e. The second kappa shape index (κ2) is 5.53. The Morgan fingerprint density at radius 1 is 1.43 bits per heavy atom. The summed E-state index contributed by atoms with van der Waals surface area (Å²) in [5, 5.41) is 1.68. The van der Waals surface area contributed by atoms with Gasteiger partial charge in [-0.25, -0.2) is 4.98 Å².